The number of allylic oxidation sites excluding steroid dienone is 2. The Morgan fingerprint density at radius 3 is 2.61 bits per heavy atom. The standard InChI is InChI=1S/C27H27Cl2N3O/c1-3-18(8-12-30-2)15-25(33)32-13-9-19(10-14-32)26-22-17-24(29)23(28)16-21(22)7-6-20-5-4-11-31-27(20)26/h3-5,8,11-12,16-17H,2,6-7,9-10,13-15H2,1H3/b12-8-,18-3+. The van der Waals surface area contributed by atoms with Crippen LogP contribution in [0.4, 0.5) is 0 Å². The molecule has 2 aromatic rings. The fraction of sp³-hybridized carbons (Fsp3) is 0.296. The van der Waals surface area contributed by atoms with E-state index in [1.54, 1.807) is 6.20 Å². The Balaban J connectivity index is 1.64. The number of aliphatic imine (C=N–C) groups is 1. The van der Waals surface area contributed by atoms with Gasteiger partial charge in [-0.05, 0) is 85.9 Å². The average Bonchev–Trinajstić information content (AvgIpc) is 2.99. The predicted octanol–water partition coefficient (Wildman–Crippen LogP) is 6.46. The number of halogens is 2. The van der Waals surface area contributed by atoms with Gasteiger partial charge in [-0.15, -0.1) is 0 Å². The molecule has 0 atom stereocenters. The lowest BCUT2D eigenvalue weighted by atomic mass is 9.88. The van der Waals surface area contributed by atoms with Gasteiger partial charge in [0.1, 0.15) is 0 Å². The number of aryl methyl sites for hydroxylation is 2. The second-order valence-electron chi connectivity index (χ2n) is 8.33. The summed E-state index contributed by atoms with van der Waals surface area (Å²) in [7, 11) is 0. The second kappa shape index (κ2) is 10.5. The quantitative estimate of drug-likeness (QED) is 0.372. The molecule has 0 unspecified atom stereocenters. The van der Waals surface area contributed by atoms with Crippen molar-refractivity contribution in [2.24, 2.45) is 4.99 Å². The minimum atomic E-state index is 0.135. The molecule has 1 aromatic heterocycles. The van der Waals surface area contributed by atoms with Crippen molar-refractivity contribution >= 4 is 41.4 Å². The number of hydrogen-bond donors (Lipinski definition) is 0. The minimum Gasteiger partial charge on any atom is -0.342 e. The van der Waals surface area contributed by atoms with E-state index in [4.69, 9.17) is 28.2 Å². The van der Waals surface area contributed by atoms with E-state index in [0.29, 0.717) is 29.6 Å². The Labute approximate surface area is 205 Å². The molecule has 4 nitrogen and oxygen atoms in total. The average molecular weight is 480 g/mol. The predicted molar refractivity (Wildman–Crippen MR) is 137 cm³/mol. The van der Waals surface area contributed by atoms with Crippen molar-refractivity contribution in [1.29, 1.82) is 0 Å². The van der Waals surface area contributed by atoms with Crippen molar-refractivity contribution < 1.29 is 4.79 Å². The summed E-state index contributed by atoms with van der Waals surface area (Å²) in [6.07, 6.45) is 11.0. The van der Waals surface area contributed by atoms with Crippen LogP contribution in [0.25, 0.3) is 5.57 Å². The number of amides is 1. The number of carbonyl (C=O) groups excluding carboxylic acids is 1. The van der Waals surface area contributed by atoms with E-state index in [1.807, 2.05) is 48.4 Å². The maximum Gasteiger partial charge on any atom is 0.226 e. The maximum atomic E-state index is 12.9. The first kappa shape index (κ1) is 23.5. The molecular weight excluding hydrogens is 453 g/mol. The van der Waals surface area contributed by atoms with E-state index in [-0.39, 0.29) is 5.91 Å². The lowest BCUT2D eigenvalue weighted by molar-refractivity contribution is -0.130. The molecular formula is C27H27Cl2N3O. The number of hydrogen-bond acceptors (Lipinski definition) is 3. The van der Waals surface area contributed by atoms with E-state index in [2.05, 4.69) is 17.8 Å². The van der Waals surface area contributed by atoms with Crippen molar-refractivity contribution in [2.45, 2.75) is 39.0 Å². The number of aromatic nitrogens is 1. The van der Waals surface area contributed by atoms with Gasteiger partial charge in [0, 0.05) is 31.1 Å². The summed E-state index contributed by atoms with van der Waals surface area (Å²) in [6.45, 7) is 6.77. The third-order valence-electron chi connectivity index (χ3n) is 6.40. The molecule has 1 fully saturated rings. The summed E-state index contributed by atoms with van der Waals surface area (Å²) in [5, 5.41) is 1.14. The van der Waals surface area contributed by atoms with E-state index in [1.165, 1.54) is 16.7 Å². The number of likely N-dealkylation sites (tertiary alicyclic amines) is 1. The van der Waals surface area contributed by atoms with Gasteiger partial charge in [-0.25, -0.2) is 0 Å². The van der Waals surface area contributed by atoms with Gasteiger partial charge >= 0.3 is 0 Å². The van der Waals surface area contributed by atoms with Gasteiger partial charge < -0.3 is 4.90 Å². The van der Waals surface area contributed by atoms with Crippen molar-refractivity contribution in [3.05, 3.63) is 92.4 Å². The van der Waals surface area contributed by atoms with Crippen LogP contribution in [-0.2, 0) is 17.6 Å². The number of piperidine rings is 1. The van der Waals surface area contributed by atoms with Crippen molar-refractivity contribution in [3.63, 3.8) is 0 Å². The number of benzene rings is 1. The number of rotatable bonds is 4. The maximum absolute atomic E-state index is 12.9. The molecule has 0 N–H and O–H groups in total. The Bertz CT molecular complexity index is 1170. The van der Waals surface area contributed by atoms with Crippen LogP contribution in [0, 0.1) is 0 Å². The van der Waals surface area contributed by atoms with Crippen LogP contribution in [-0.4, -0.2) is 35.6 Å². The third kappa shape index (κ3) is 5.13. The summed E-state index contributed by atoms with van der Waals surface area (Å²) in [5.74, 6) is 0.135. The second-order valence-corrected chi connectivity index (χ2v) is 9.15. The first-order valence-corrected chi connectivity index (χ1v) is 12.0. The molecule has 0 radical (unpaired) electrons. The summed E-state index contributed by atoms with van der Waals surface area (Å²) in [4.78, 5) is 23.4. The van der Waals surface area contributed by atoms with Gasteiger partial charge in [0.15, 0.2) is 0 Å². The molecule has 33 heavy (non-hydrogen) atoms. The summed E-state index contributed by atoms with van der Waals surface area (Å²) in [6, 6.07) is 8.13. The zero-order valence-electron chi connectivity index (χ0n) is 18.8. The highest BCUT2D eigenvalue weighted by Crippen LogP contribution is 2.40. The molecule has 0 saturated carbocycles. The normalized spacial score (nSPS) is 16.5. The molecule has 6 heteroatoms. The number of carbonyl (C=O) groups is 1. The molecule has 1 aliphatic carbocycles. The molecule has 1 aliphatic heterocycles. The highest BCUT2D eigenvalue weighted by atomic mass is 35.5. The van der Waals surface area contributed by atoms with Crippen LogP contribution in [0.15, 0.2) is 65.0 Å². The Morgan fingerprint density at radius 2 is 1.88 bits per heavy atom. The lowest BCUT2D eigenvalue weighted by Crippen LogP contribution is -2.36. The van der Waals surface area contributed by atoms with E-state index < -0.39 is 0 Å². The summed E-state index contributed by atoms with van der Waals surface area (Å²) >= 11 is 12.8. The molecule has 0 spiro atoms. The first-order valence-electron chi connectivity index (χ1n) is 11.2. The first-order chi connectivity index (χ1) is 16.0. The number of fused-ring (bicyclic) bond motifs is 2. The van der Waals surface area contributed by atoms with E-state index in [0.717, 1.165) is 48.1 Å². The molecule has 4 rings (SSSR count). The fourth-order valence-corrected chi connectivity index (χ4v) is 4.97. The van der Waals surface area contributed by atoms with E-state index >= 15 is 0 Å². The van der Waals surface area contributed by atoms with Gasteiger partial charge in [-0.2, -0.15) is 0 Å². The SMILES string of the molecule is C=N/C=C\C(=C/C)CC(=O)N1CCC(=C2c3cc(Cl)c(Cl)cc3CCc3cccnc32)CC1. The van der Waals surface area contributed by atoms with Crippen molar-refractivity contribution in [1.82, 2.24) is 9.88 Å². The molecule has 1 amide bonds. The van der Waals surface area contributed by atoms with Crippen molar-refractivity contribution in [3.8, 4) is 0 Å². The van der Waals surface area contributed by atoms with Gasteiger partial charge in [0.05, 0.1) is 22.2 Å². The van der Waals surface area contributed by atoms with Crippen LogP contribution < -0.4 is 0 Å². The summed E-state index contributed by atoms with van der Waals surface area (Å²) < 4.78 is 0. The van der Waals surface area contributed by atoms with Gasteiger partial charge in [-0.1, -0.05) is 40.9 Å². The number of nitrogens with zero attached hydrogens (tertiary/aromatic N) is 3. The smallest absolute Gasteiger partial charge is 0.226 e. The third-order valence-corrected chi connectivity index (χ3v) is 7.12. The highest BCUT2D eigenvalue weighted by molar-refractivity contribution is 6.42. The van der Waals surface area contributed by atoms with Crippen LogP contribution >= 0.6 is 23.2 Å². The molecule has 2 aliphatic rings. The van der Waals surface area contributed by atoms with Gasteiger partial charge in [0.25, 0.3) is 0 Å². The number of pyridine rings is 1. The monoisotopic (exact) mass is 479 g/mol. The Hall–Kier alpha value is -2.69. The lowest BCUT2D eigenvalue weighted by Gasteiger charge is -2.30. The highest BCUT2D eigenvalue weighted by Gasteiger charge is 2.27. The van der Waals surface area contributed by atoms with Crippen LogP contribution in [0.5, 0.6) is 0 Å². The molecule has 1 saturated heterocycles. The van der Waals surface area contributed by atoms with Crippen LogP contribution in [0.3, 0.4) is 0 Å². The molecule has 1 aromatic carbocycles. The van der Waals surface area contributed by atoms with Gasteiger partial charge in [-0.3, -0.25) is 14.8 Å². The summed E-state index contributed by atoms with van der Waals surface area (Å²) in [5.41, 5.74) is 8.02. The van der Waals surface area contributed by atoms with Crippen LogP contribution in [0.2, 0.25) is 10.0 Å². The van der Waals surface area contributed by atoms with Crippen molar-refractivity contribution in [2.75, 3.05) is 13.1 Å². The zero-order chi connectivity index (χ0) is 23.4. The molecule has 170 valence electrons. The zero-order valence-corrected chi connectivity index (χ0v) is 20.3. The molecule has 2 heterocycles. The topological polar surface area (TPSA) is 45.6 Å². The van der Waals surface area contributed by atoms with Gasteiger partial charge in [0.2, 0.25) is 5.91 Å². The Kier molecular flexibility index (Phi) is 7.46. The fourth-order valence-electron chi connectivity index (χ4n) is 4.62. The van der Waals surface area contributed by atoms with E-state index in [9.17, 15) is 4.79 Å². The van der Waals surface area contributed by atoms with Crippen LogP contribution in [0.1, 0.15) is 48.6 Å². The largest absolute Gasteiger partial charge is 0.342 e. The Morgan fingerprint density at radius 1 is 1.15 bits per heavy atom. The minimum absolute atomic E-state index is 0.135. The molecule has 0 bridgehead atoms.